The van der Waals surface area contributed by atoms with Crippen molar-refractivity contribution in [2.45, 2.75) is 0 Å². The Balaban J connectivity index is 1.49. The zero-order valence-corrected chi connectivity index (χ0v) is 19.1. The van der Waals surface area contributed by atoms with E-state index < -0.39 is 0 Å². The summed E-state index contributed by atoms with van der Waals surface area (Å²) in [6.45, 7) is 4.58. The van der Waals surface area contributed by atoms with Crippen LogP contribution in [0.2, 0.25) is 0 Å². The smallest absolute Gasteiger partial charge is 0.274 e. The van der Waals surface area contributed by atoms with Crippen LogP contribution in [-0.2, 0) is 11.8 Å². The first-order chi connectivity index (χ1) is 16.5. The van der Waals surface area contributed by atoms with Crippen molar-refractivity contribution in [1.29, 1.82) is 0 Å². The first-order valence-corrected chi connectivity index (χ1v) is 11.3. The quantitative estimate of drug-likeness (QED) is 0.531. The molecule has 2 aromatic carbocycles. The fraction of sp³-hybridized carbons (Fsp3) is 0.269. The lowest BCUT2D eigenvalue weighted by Crippen LogP contribution is -2.52. The fourth-order valence-corrected chi connectivity index (χ4v) is 3.80. The van der Waals surface area contributed by atoms with Crippen molar-refractivity contribution in [2.75, 3.05) is 39.4 Å². The minimum Gasteiger partial charge on any atom is -0.379 e. The number of nitrogens with zero attached hydrogens (tertiary/aromatic N) is 2. The van der Waals surface area contributed by atoms with Gasteiger partial charge in [-0.2, -0.15) is 0 Å². The number of hydrogen-bond donors (Lipinski definition) is 2. The third kappa shape index (κ3) is 5.78. The molecular formula is C26H28N4O4. The standard InChI is InChI=1S/C26H28N4O4/c1-29-23(18-19-5-3-2-4-6-19)25(32)28-22(26(29)33)17-20-7-9-21(10-8-20)24(31)27-11-12-30-13-15-34-16-14-30/h2-10,17-18H,11-16H2,1H3,(H,27,31)(H,28,32). The van der Waals surface area contributed by atoms with Crippen molar-refractivity contribution >= 4 is 18.1 Å². The van der Waals surface area contributed by atoms with Gasteiger partial charge in [0.1, 0.15) is 10.7 Å². The number of aromatic amines is 1. The molecule has 4 rings (SSSR count). The molecule has 2 N–H and O–H groups in total. The van der Waals surface area contributed by atoms with Gasteiger partial charge in [0.25, 0.3) is 17.0 Å². The number of H-pyrrole nitrogens is 1. The summed E-state index contributed by atoms with van der Waals surface area (Å²) in [6, 6.07) is 16.3. The highest BCUT2D eigenvalue weighted by atomic mass is 16.5. The zero-order chi connectivity index (χ0) is 23.9. The van der Waals surface area contributed by atoms with Crippen LogP contribution in [0.5, 0.6) is 0 Å². The van der Waals surface area contributed by atoms with Gasteiger partial charge in [-0.1, -0.05) is 42.5 Å². The van der Waals surface area contributed by atoms with Crippen molar-refractivity contribution in [2.24, 2.45) is 7.05 Å². The number of carbonyl (C=O) groups excluding carboxylic acids is 1. The number of nitrogens with one attached hydrogen (secondary N) is 2. The molecule has 0 unspecified atom stereocenters. The normalized spacial score (nSPS) is 15.4. The molecule has 1 aliphatic heterocycles. The van der Waals surface area contributed by atoms with E-state index in [4.69, 9.17) is 4.74 Å². The molecule has 1 fully saturated rings. The lowest BCUT2D eigenvalue weighted by atomic mass is 10.1. The Morgan fingerprint density at radius 3 is 2.38 bits per heavy atom. The van der Waals surface area contributed by atoms with Crippen LogP contribution in [0.3, 0.4) is 0 Å². The zero-order valence-electron chi connectivity index (χ0n) is 19.1. The summed E-state index contributed by atoms with van der Waals surface area (Å²) in [5.41, 5.74) is 1.41. The largest absolute Gasteiger partial charge is 0.379 e. The second-order valence-electron chi connectivity index (χ2n) is 8.15. The van der Waals surface area contributed by atoms with E-state index in [0.717, 1.165) is 38.4 Å². The van der Waals surface area contributed by atoms with Crippen molar-refractivity contribution in [3.8, 4) is 0 Å². The van der Waals surface area contributed by atoms with Crippen LogP contribution in [0.15, 0.2) is 64.2 Å². The van der Waals surface area contributed by atoms with E-state index in [1.165, 1.54) is 4.57 Å². The maximum Gasteiger partial charge on any atom is 0.274 e. The van der Waals surface area contributed by atoms with Crippen LogP contribution in [-0.4, -0.2) is 59.8 Å². The van der Waals surface area contributed by atoms with Gasteiger partial charge in [-0.3, -0.25) is 19.3 Å². The first-order valence-electron chi connectivity index (χ1n) is 11.3. The average Bonchev–Trinajstić information content (AvgIpc) is 2.87. The molecule has 1 amide bonds. The van der Waals surface area contributed by atoms with Gasteiger partial charge in [-0.15, -0.1) is 0 Å². The van der Waals surface area contributed by atoms with Crippen molar-refractivity contribution in [3.05, 3.63) is 103 Å². The summed E-state index contributed by atoms with van der Waals surface area (Å²) in [5.74, 6) is -0.148. The van der Waals surface area contributed by atoms with Gasteiger partial charge in [0, 0.05) is 38.8 Å². The van der Waals surface area contributed by atoms with Gasteiger partial charge in [-0.05, 0) is 35.4 Å². The number of hydrogen-bond acceptors (Lipinski definition) is 5. The van der Waals surface area contributed by atoms with Gasteiger partial charge in [-0.25, -0.2) is 0 Å². The number of benzene rings is 2. The summed E-state index contributed by atoms with van der Waals surface area (Å²) < 4.78 is 6.67. The van der Waals surface area contributed by atoms with Crippen LogP contribution < -0.4 is 27.1 Å². The van der Waals surface area contributed by atoms with E-state index in [0.29, 0.717) is 17.7 Å². The molecule has 0 aliphatic carbocycles. The average molecular weight is 461 g/mol. The summed E-state index contributed by atoms with van der Waals surface area (Å²) in [6.07, 6.45) is 3.28. The number of rotatable bonds is 6. The van der Waals surface area contributed by atoms with E-state index in [1.54, 1.807) is 43.5 Å². The van der Waals surface area contributed by atoms with Gasteiger partial charge in [0.05, 0.1) is 13.2 Å². The van der Waals surface area contributed by atoms with Crippen LogP contribution in [0.4, 0.5) is 0 Å². The highest BCUT2D eigenvalue weighted by molar-refractivity contribution is 5.94. The minimum absolute atomic E-state index is 0.148. The van der Waals surface area contributed by atoms with Gasteiger partial charge >= 0.3 is 0 Å². The number of morpholine rings is 1. The minimum atomic E-state index is -0.353. The Morgan fingerprint density at radius 2 is 1.68 bits per heavy atom. The fourth-order valence-electron chi connectivity index (χ4n) is 3.80. The van der Waals surface area contributed by atoms with Crippen LogP contribution in [0.1, 0.15) is 21.5 Å². The summed E-state index contributed by atoms with van der Waals surface area (Å²) >= 11 is 0. The van der Waals surface area contributed by atoms with Crippen molar-refractivity contribution in [1.82, 2.24) is 19.8 Å². The SMILES string of the molecule is Cn1c(=O)c(=Cc2ccc(C(=O)NCCN3CCOCC3)cc2)[nH]c(=O)c1=Cc1ccccc1. The Bertz CT molecular complexity index is 1370. The Kier molecular flexibility index (Phi) is 7.51. The third-order valence-corrected chi connectivity index (χ3v) is 5.78. The molecule has 1 saturated heterocycles. The van der Waals surface area contributed by atoms with E-state index in [2.05, 4.69) is 15.2 Å². The molecule has 1 aromatic heterocycles. The predicted octanol–water partition coefficient (Wildman–Crippen LogP) is -0.207. The summed E-state index contributed by atoms with van der Waals surface area (Å²) in [7, 11) is 1.58. The maximum atomic E-state index is 12.8. The second kappa shape index (κ2) is 10.9. The second-order valence-corrected chi connectivity index (χ2v) is 8.15. The number of aromatic nitrogens is 2. The van der Waals surface area contributed by atoms with Gasteiger partial charge < -0.3 is 19.6 Å². The molecule has 0 bridgehead atoms. The first kappa shape index (κ1) is 23.4. The monoisotopic (exact) mass is 460 g/mol. The lowest BCUT2D eigenvalue weighted by Gasteiger charge is -2.26. The molecule has 8 heteroatoms. The van der Waals surface area contributed by atoms with Gasteiger partial charge in [0.2, 0.25) is 0 Å². The molecular weight excluding hydrogens is 432 g/mol. The molecule has 1 aliphatic rings. The Hall–Kier alpha value is -3.75. The topological polar surface area (TPSA) is 96.4 Å². The highest BCUT2D eigenvalue weighted by Gasteiger charge is 2.11. The van der Waals surface area contributed by atoms with E-state index >= 15 is 0 Å². The molecule has 176 valence electrons. The van der Waals surface area contributed by atoms with Crippen molar-refractivity contribution < 1.29 is 9.53 Å². The molecule has 0 spiro atoms. The number of amides is 1. The number of ether oxygens (including phenoxy) is 1. The highest BCUT2D eigenvalue weighted by Crippen LogP contribution is 2.05. The molecule has 2 heterocycles. The number of carbonyl (C=O) groups is 1. The van der Waals surface area contributed by atoms with Crippen molar-refractivity contribution in [3.63, 3.8) is 0 Å². The molecule has 0 saturated carbocycles. The maximum absolute atomic E-state index is 12.8. The Labute approximate surface area is 196 Å². The molecule has 0 radical (unpaired) electrons. The van der Waals surface area contributed by atoms with E-state index in [9.17, 15) is 14.4 Å². The molecule has 3 aromatic rings. The van der Waals surface area contributed by atoms with Crippen LogP contribution in [0.25, 0.3) is 12.2 Å². The summed E-state index contributed by atoms with van der Waals surface area (Å²) in [4.78, 5) is 42.8. The lowest BCUT2D eigenvalue weighted by molar-refractivity contribution is 0.0383. The van der Waals surface area contributed by atoms with E-state index in [1.807, 2.05) is 30.3 Å². The molecule has 34 heavy (non-hydrogen) atoms. The third-order valence-electron chi connectivity index (χ3n) is 5.78. The molecule has 0 atom stereocenters. The predicted molar refractivity (Wildman–Crippen MR) is 131 cm³/mol. The van der Waals surface area contributed by atoms with Crippen LogP contribution in [0, 0.1) is 0 Å². The Morgan fingerprint density at radius 1 is 1.00 bits per heavy atom. The van der Waals surface area contributed by atoms with Gasteiger partial charge in [0.15, 0.2) is 0 Å². The van der Waals surface area contributed by atoms with E-state index in [-0.39, 0.29) is 27.7 Å². The summed E-state index contributed by atoms with van der Waals surface area (Å²) in [5, 5.41) is 3.39. The van der Waals surface area contributed by atoms with Crippen LogP contribution >= 0.6 is 0 Å². The molecule has 8 nitrogen and oxygen atoms in total.